The molecule has 0 saturated carbocycles. The summed E-state index contributed by atoms with van der Waals surface area (Å²) in [7, 11) is 3.46. The largest absolute Gasteiger partial charge is 0.497 e. The van der Waals surface area contributed by atoms with E-state index < -0.39 is 0 Å². The molecule has 5 nitrogen and oxygen atoms in total. The highest BCUT2D eigenvalue weighted by Gasteiger charge is 2.10. The molecule has 2 aromatic carbocycles. The number of halogens is 1. The van der Waals surface area contributed by atoms with Crippen LogP contribution in [0.3, 0.4) is 0 Å². The smallest absolute Gasteiger partial charge is 0.238 e. The minimum Gasteiger partial charge on any atom is -0.497 e. The summed E-state index contributed by atoms with van der Waals surface area (Å²) in [6.07, 6.45) is 0. The second-order valence-electron chi connectivity index (χ2n) is 5.98. The Labute approximate surface area is 145 Å². The third-order valence-corrected chi connectivity index (χ3v) is 3.87. The number of benzene rings is 2. The molecule has 0 bridgehead atoms. The molecule has 130 valence electrons. The van der Waals surface area contributed by atoms with Crippen LogP contribution in [-0.2, 0) is 11.3 Å². The molecule has 1 amide bonds. The number of carbonyl (C=O) groups excluding carboxylic acids is 1. The lowest BCUT2D eigenvalue weighted by Crippen LogP contribution is -2.29. The maximum absolute atomic E-state index is 13.3. The van der Waals surface area contributed by atoms with Crippen LogP contribution >= 0.6 is 0 Å². The Balaban J connectivity index is 1.56. The number of carbonyl (C=O) groups is 1. The molecule has 0 fully saturated rings. The summed E-state index contributed by atoms with van der Waals surface area (Å²) < 4.78 is 18.3. The molecule has 25 heavy (non-hydrogen) atoms. The topological polar surface area (TPSA) is 57.4 Å². The van der Waals surface area contributed by atoms with Crippen LogP contribution in [-0.4, -0.2) is 36.5 Å². The summed E-state index contributed by atoms with van der Waals surface area (Å²) in [6.45, 7) is 0.808. The SMILES string of the molecule is COc1ccc(NC(=O)CN(C)Cc2cc3cc(F)ccc3[nH]2)cc1. The second kappa shape index (κ2) is 7.36. The van der Waals surface area contributed by atoms with Gasteiger partial charge in [-0.15, -0.1) is 0 Å². The van der Waals surface area contributed by atoms with E-state index >= 15 is 0 Å². The molecule has 1 aromatic heterocycles. The quantitative estimate of drug-likeness (QED) is 0.723. The zero-order valence-corrected chi connectivity index (χ0v) is 14.2. The van der Waals surface area contributed by atoms with Crippen molar-refractivity contribution in [1.29, 1.82) is 0 Å². The van der Waals surface area contributed by atoms with Gasteiger partial charge in [0.1, 0.15) is 11.6 Å². The first kappa shape index (κ1) is 17.0. The van der Waals surface area contributed by atoms with E-state index in [-0.39, 0.29) is 18.3 Å². The minimum absolute atomic E-state index is 0.102. The van der Waals surface area contributed by atoms with Crippen molar-refractivity contribution in [2.75, 3.05) is 26.0 Å². The number of anilines is 1. The van der Waals surface area contributed by atoms with Crippen molar-refractivity contribution in [3.8, 4) is 5.75 Å². The minimum atomic E-state index is -0.259. The normalized spacial score (nSPS) is 11.0. The predicted molar refractivity (Wildman–Crippen MR) is 96.2 cm³/mol. The Bertz CT molecular complexity index is 874. The monoisotopic (exact) mass is 341 g/mol. The van der Waals surface area contributed by atoms with Gasteiger partial charge in [0.15, 0.2) is 0 Å². The summed E-state index contributed by atoms with van der Waals surface area (Å²) in [5.74, 6) is 0.380. The van der Waals surface area contributed by atoms with E-state index in [4.69, 9.17) is 4.74 Å². The van der Waals surface area contributed by atoms with Crippen LogP contribution in [0.15, 0.2) is 48.5 Å². The second-order valence-corrected chi connectivity index (χ2v) is 5.98. The number of hydrogen-bond donors (Lipinski definition) is 2. The van der Waals surface area contributed by atoms with E-state index in [0.717, 1.165) is 28.0 Å². The molecule has 0 radical (unpaired) electrons. The van der Waals surface area contributed by atoms with Crippen LogP contribution < -0.4 is 10.1 Å². The molecule has 3 aromatic rings. The van der Waals surface area contributed by atoms with Crippen molar-refractivity contribution >= 4 is 22.5 Å². The molecular formula is C19H20FN3O2. The van der Waals surface area contributed by atoms with Crippen LogP contribution in [0.1, 0.15) is 5.69 Å². The molecule has 3 rings (SSSR count). The van der Waals surface area contributed by atoms with E-state index in [1.165, 1.54) is 12.1 Å². The highest BCUT2D eigenvalue weighted by atomic mass is 19.1. The first-order chi connectivity index (χ1) is 12.0. The Morgan fingerprint density at radius 1 is 1.20 bits per heavy atom. The van der Waals surface area contributed by atoms with Gasteiger partial charge in [-0.05, 0) is 55.6 Å². The van der Waals surface area contributed by atoms with E-state index in [1.54, 1.807) is 37.4 Å². The van der Waals surface area contributed by atoms with Gasteiger partial charge < -0.3 is 15.0 Å². The molecular weight excluding hydrogens is 321 g/mol. The first-order valence-corrected chi connectivity index (χ1v) is 7.93. The van der Waals surface area contributed by atoms with E-state index in [2.05, 4.69) is 10.3 Å². The van der Waals surface area contributed by atoms with Gasteiger partial charge in [0, 0.05) is 28.8 Å². The lowest BCUT2D eigenvalue weighted by atomic mass is 10.2. The molecule has 0 saturated heterocycles. The van der Waals surface area contributed by atoms with Crippen LogP contribution in [0, 0.1) is 5.82 Å². The number of rotatable bonds is 6. The summed E-state index contributed by atoms with van der Waals surface area (Å²) >= 11 is 0. The maximum Gasteiger partial charge on any atom is 0.238 e. The first-order valence-electron chi connectivity index (χ1n) is 7.93. The van der Waals surface area contributed by atoms with Gasteiger partial charge in [0.2, 0.25) is 5.91 Å². The number of amides is 1. The van der Waals surface area contributed by atoms with Gasteiger partial charge in [-0.25, -0.2) is 4.39 Å². The van der Waals surface area contributed by atoms with Crippen molar-refractivity contribution < 1.29 is 13.9 Å². The fourth-order valence-corrected chi connectivity index (χ4v) is 2.72. The summed E-state index contributed by atoms with van der Waals surface area (Å²) in [5, 5.41) is 3.67. The number of hydrogen-bond acceptors (Lipinski definition) is 3. The molecule has 1 heterocycles. The number of likely N-dealkylation sites (N-methyl/N-ethyl adjacent to an activating group) is 1. The van der Waals surface area contributed by atoms with Crippen LogP contribution in [0.4, 0.5) is 10.1 Å². The summed E-state index contributed by atoms with van der Waals surface area (Å²) in [4.78, 5) is 17.3. The molecule has 2 N–H and O–H groups in total. The molecule has 0 aliphatic heterocycles. The zero-order valence-electron chi connectivity index (χ0n) is 14.2. The number of H-pyrrole nitrogens is 1. The third kappa shape index (κ3) is 4.36. The maximum atomic E-state index is 13.3. The molecule has 0 unspecified atom stereocenters. The van der Waals surface area contributed by atoms with Crippen LogP contribution in [0.2, 0.25) is 0 Å². The fourth-order valence-electron chi connectivity index (χ4n) is 2.72. The highest BCUT2D eigenvalue weighted by Crippen LogP contribution is 2.18. The summed E-state index contributed by atoms with van der Waals surface area (Å²) in [5.41, 5.74) is 2.54. The molecule has 0 aliphatic carbocycles. The molecule has 0 spiro atoms. The number of nitrogens with zero attached hydrogens (tertiary/aromatic N) is 1. The van der Waals surface area contributed by atoms with Crippen molar-refractivity contribution in [1.82, 2.24) is 9.88 Å². The Kier molecular flexibility index (Phi) is 5.00. The van der Waals surface area contributed by atoms with Gasteiger partial charge >= 0.3 is 0 Å². The van der Waals surface area contributed by atoms with Gasteiger partial charge in [0.05, 0.1) is 13.7 Å². The zero-order chi connectivity index (χ0) is 17.8. The van der Waals surface area contributed by atoms with Crippen molar-refractivity contribution in [3.63, 3.8) is 0 Å². The third-order valence-electron chi connectivity index (χ3n) is 3.87. The molecule has 0 atom stereocenters. The van der Waals surface area contributed by atoms with E-state index in [0.29, 0.717) is 6.54 Å². The average molecular weight is 341 g/mol. The Hall–Kier alpha value is -2.86. The number of ether oxygens (including phenoxy) is 1. The number of aromatic amines is 1. The van der Waals surface area contributed by atoms with Gasteiger partial charge in [-0.2, -0.15) is 0 Å². The van der Waals surface area contributed by atoms with Crippen LogP contribution in [0.25, 0.3) is 10.9 Å². The average Bonchev–Trinajstić information content (AvgIpc) is 2.96. The Morgan fingerprint density at radius 3 is 2.68 bits per heavy atom. The molecule has 6 heteroatoms. The Morgan fingerprint density at radius 2 is 1.96 bits per heavy atom. The number of nitrogens with one attached hydrogen (secondary N) is 2. The number of aromatic nitrogens is 1. The number of fused-ring (bicyclic) bond motifs is 1. The fraction of sp³-hybridized carbons (Fsp3) is 0.211. The molecule has 0 aliphatic rings. The van der Waals surface area contributed by atoms with Crippen molar-refractivity contribution in [3.05, 3.63) is 60.0 Å². The lowest BCUT2D eigenvalue weighted by molar-refractivity contribution is -0.117. The number of methoxy groups -OCH3 is 1. The summed E-state index contributed by atoms with van der Waals surface area (Å²) in [6, 6.07) is 13.7. The van der Waals surface area contributed by atoms with E-state index in [9.17, 15) is 9.18 Å². The standard InChI is InChI=1S/C19H20FN3O2/c1-23(11-16-10-13-9-14(20)3-8-18(13)21-16)12-19(24)22-15-4-6-17(25-2)7-5-15/h3-10,21H,11-12H2,1-2H3,(H,22,24). The van der Waals surface area contributed by atoms with Gasteiger partial charge in [0.25, 0.3) is 0 Å². The lowest BCUT2D eigenvalue weighted by Gasteiger charge is -2.15. The van der Waals surface area contributed by atoms with Gasteiger partial charge in [-0.3, -0.25) is 9.69 Å². The van der Waals surface area contributed by atoms with Gasteiger partial charge in [-0.1, -0.05) is 0 Å². The van der Waals surface area contributed by atoms with Crippen molar-refractivity contribution in [2.45, 2.75) is 6.54 Å². The van der Waals surface area contributed by atoms with Crippen molar-refractivity contribution in [2.24, 2.45) is 0 Å². The predicted octanol–water partition coefficient (Wildman–Crippen LogP) is 3.39. The highest BCUT2D eigenvalue weighted by molar-refractivity contribution is 5.92. The van der Waals surface area contributed by atoms with Crippen LogP contribution in [0.5, 0.6) is 5.75 Å². The van der Waals surface area contributed by atoms with E-state index in [1.807, 2.05) is 18.0 Å².